The summed E-state index contributed by atoms with van der Waals surface area (Å²) < 4.78 is 5.90. The maximum absolute atomic E-state index is 8.75. The van der Waals surface area contributed by atoms with E-state index in [9.17, 15) is 0 Å². The van der Waals surface area contributed by atoms with Gasteiger partial charge in [-0.3, -0.25) is 0 Å². The van der Waals surface area contributed by atoms with E-state index in [1.165, 1.54) is 5.56 Å². The summed E-state index contributed by atoms with van der Waals surface area (Å²) in [6, 6.07) is 13.8. The molecule has 2 aromatic carbocycles. The highest BCUT2D eigenvalue weighted by Crippen LogP contribution is 2.25. The molecule has 0 N–H and O–H groups in total. The van der Waals surface area contributed by atoms with E-state index >= 15 is 0 Å². The van der Waals surface area contributed by atoms with Gasteiger partial charge in [0.15, 0.2) is 0 Å². The molecule has 0 radical (unpaired) electrons. The smallest absolute Gasteiger partial charge is 0.125 e. The molecule has 0 aliphatic heterocycles. The van der Waals surface area contributed by atoms with Crippen LogP contribution < -0.4 is 4.74 Å². The summed E-state index contributed by atoms with van der Waals surface area (Å²) in [6.45, 7) is 6.74. The van der Waals surface area contributed by atoms with Gasteiger partial charge in [-0.2, -0.15) is 5.26 Å². The van der Waals surface area contributed by atoms with E-state index in [4.69, 9.17) is 10.00 Å². The number of rotatable bonds is 3. The Morgan fingerprint density at radius 1 is 1.00 bits per heavy atom. The number of hydrogen-bond acceptors (Lipinski definition) is 2. The Labute approximate surface area is 114 Å². The molecule has 0 saturated carbocycles. The van der Waals surface area contributed by atoms with Gasteiger partial charge in [-0.25, -0.2) is 0 Å². The average molecular weight is 251 g/mol. The van der Waals surface area contributed by atoms with Crippen molar-refractivity contribution < 1.29 is 4.74 Å². The van der Waals surface area contributed by atoms with Crippen LogP contribution in [0.5, 0.6) is 5.75 Å². The third-order valence-electron chi connectivity index (χ3n) is 3.07. The van der Waals surface area contributed by atoms with E-state index in [0.717, 1.165) is 22.4 Å². The van der Waals surface area contributed by atoms with Crippen LogP contribution in [0, 0.1) is 32.1 Å². The summed E-state index contributed by atoms with van der Waals surface area (Å²) >= 11 is 0. The average Bonchev–Trinajstić information content (AvgIpc) is 2.38. The van der Waals surface area contributed by atoms with E-state index in [-0.39, 0.29) is 0 Å². The molecule has 0 aliphatic rings. The molecule has 0 fully saturated rings. The second-order valence-electron chi connectivity index (χ2n) is 4.83. The summed E-state index contributed by atoms with van der Waals surface area (Å²) in [7, 11) is 0. The van der Waals surface area contributed by atoms with Crippen LogP contribution in [0.4, 0.5) is 0 Å². The molecule has 0 spiro atoms. The number of nitriles is 1. The molecule has 0 heterocycles. The lowest BCUT2D eigenvalue weighted by Crippen LogP contribution is -1.99. The molecule has 0 unspecified atom stereocenters. The summed E-state index contributed by atoms with van der Waals surface area (Å²) in [6.07, 6.45) is 0. The largest absolute Gasteiger partial charge is 0.488 e. The van der Waals surface area contributed by atoms with Crippen LogP contribution in [0.3, 0.4) is 0 Å². The Kier molecular flexibility index (Phi) is 3.87. The summed E-state index contributed by atoms with van der Waals surface area (Å²) in [5.74, 6) is 0.954. The Morgan fingerprint density at radius 2 is 1.58 bits per heavy atom. The third kappa shape index (κ3) is 3.14. The first kappa shape index (κ1) is 13.2. The maximum Gasteiger partial charge on any atom is 0.125 e. The number of benzene rings is 2. The Balaban J connectivity index is 2.12. The molecule has 0 aliphatic carbocycles. The van der Waals surface area contributed by atoms with Crippen molar-refractivity contribution in [2.75, 3.05) is 0 Å². The first-order valence-electron chi connectivity index (χ1n) is 6.30. The van der Waals surface area contributed by atoms with Crippen molar-refractivity contribution in [1.82, 2.24) is 0 Å². The second kappa shape index (κ2) is 5.58. The van der Waals surface area contributed by atoms with Crippen molar-refractivity contribution in [3.05, 3.63) is 64.2 Å². The Hall–Kier alpha value is -2.27. The monoisotopic (exact) mass is 251 g/mol. The fourth-order valence-electron chi connectivity index (χ4n) is 2.23. The lowest BCUT2D eigenvalue weighted by Gasteiger charge is -2.13. The molecule has 96 valence electrons. The van der Waals surface area contributed by atoms with E-state index in [2.05, 4.69) is 39.0 Å². The molecule has 0 bridgehead atoms. The predicted octanol–water partition coefficient (Wildman–Crippen LogP) is 4.06. The molecule has 0 saturated heterocycles. The van der Waals surface area contributed by atoms with E-state index in [1.54, 1.807) is 0 Å². The van der Waals surface area contributed by atoms with Gasteiger partial charge in [0.2, 0.25) is 0 Å². The van der Waals surface area contributed by atoms with Crippen LogP contribution in [-0.2, 0) is 6.61 Å². The van der Waals surface area contributed by atoms with Gasteiger partial charge >= 0.3 is 0 Å². The van der Waals surface area contributed by atoms with E-state index in [0.29, 0.717) is 12.2 Å². The third-order valence-corrected chi connectivity index (χ3v) is 3.07. The molecule has 0 amide bonds. The van der Waals surface area contributed by atoms with Crippen LogP contribution in [0.25, 0.3) is 0 Å². The first-order valence-corrected chi connectivity index (χ1v) is 6.30. The quantitative estimate of drug-likeness (QED) is 0.824. The van der Waals surface area contributed by atoms with Gasteiger partial charge < -0.3 is 4.74 Å². The standard InChI is InChI=1S/C17H17NO/c1-12-8-13(2)17(14(3)9-12)19-11-16-6-4-15(10-18)5-7-16/h4-9H,11H2,1-3H3. The zero-order valence-electron chi connectivity index (χ0n) is 11.5. The lowest BCUT2D eigenvalue weighted by molar-refractivity contribution is 0.302. The highest BCUT2D eigenvalue weighted by molar-refractivity contribution is 5.43. The normalized spacial score (nSPS) is 10.0. The van der Waals surface area contributed by atoms with Crippen molar-refractivity contribution in [2.45, 2.75) is 27.4 Å². The van der Waals surface area contributed by atoms with Gasteiger partial charge in [0.05, 0.1) is 11.6 Å². The molecule has 2 aromatic rings. The van der Waals surface area contributed by atoms with Gasteiger partial charge in [0.1, 0.15) is 12.4 Å². The predicted molar refractivity (Wildman–Crippen MR) is 76.1 cm³/mol. The van der Waals surface area contributed by atoms with Crippen LogP contribution in [0.15, 0.2) is 36.4 Å². The van der Waals surface area contributed by atoms with Gasteiger partial charge in [0.25, 0.3) is 0 Å². The molecule has 2 rings (SSSR count). The van der Waals surface area contributed by atoms with Crippen molar-refractivity contribution in [3.8, 4) is 11.8 Å². The first-order chi connectivity index (χ1) is 9.10. The van der Waals surface area contributed by atoms with Gasteiger partial charge in [-0.1, -0.05) is 29.8 Å². The van der Waals surface area contributed by atoms with Crippen LogP contribution >= 0.6 is 0 Å². The van der Waals surface area contributed by atoms with E-state index in [1.807, 2.05) is 24.3 Å². The maximum atomic E-state index is 8.75. The minimum atomic E-state index is 0.524. The molecular weight excluding hydrogens is 234 g/mol. The molecule has 0 aromatic heterocycles. The topological polar surface area (TPSA) is 33.0 Å². The SMILES string of the molecule is Cc1cc(C)c(OCc2ccc(C#N)cc2)c(C)c1. The number of hydrogen-bond donors (Lipinski definition) is 0. The van der Waals surface area contributed by atoms with Crippen molar-refractivity contribution in [1.29, 1.82) is 5.26 Å². The number of nitrogens with zero attached hydrogens (tertiary/aromatic N) is 1. The Bertz CT molecular complexity index is 598. The summed E-state index contributed by atoms with van der Waals surface area (Å²) in [5.41, 5.74) is 5.31. The minimum Gasteiger partial charge on any atom is -0.488 e. The van der Waals surface area contributed by atoms with Crippen LogP contribution in [0.1, 0.15) is 27.8 Å². The van der Waals surface area contributed by atoms with Crippen LogP contribution in [0.2, 0.25) is 0 Å². The molecule has 0 atom stereocenters. The highest BCUT2D eigenvalue weighted by atomic mass is 16.5. The number of aryl methyl sites for hydroxylation is 3. The van der Waals surface area contributed by atoms with Crippen molar-refractivity contribution in [3.63, 3.8) is 0 Å². The second-order valence-corrected chi connectivity index (χ2v) is 4.83. The van der Waals surface area contributed by atoms with Gasteiger partial charge in [-0.05, 0) is 49.6 Å². The zero-order valence-corrected chi connectivity index (χ0v) is 11.5. The molecule has 2 nitrogen and oxygen atoms in total. The highest BCUT2D eigenvalue weighted by Gasteiger charge is 2.05. The Morgan fingerprint density at radius 3 is 2.11 bits per heavy atom. The molecule has 19 heavy (non-hydrogen) atoms. The van der Waals surface area contributed by atoms with Gasteiger partial charge in [-0.15, -0.1) is 0 Å². The fraction of sp³-hybridized carbons (Fsp3) is 0.235. The van der Waals surface area contributed by atoms with Crippen molar-refractivity contribution in [2.24, 2.45) is 0 Å². The lowest BCUT2D eigenvalue weighted by atomic mass is 10.1. The van der Waals surface area contributed by atoms with Crippen molar-refractivity contribution >= 4 is 0 Å². The minimum absolute atomic E-state index is 0.524. The zero-order chi connectivity index (χ0) is 13.8. The van der Waals surface area contributed by atoms with E-state index < -0.39 is 0 Å². The number of ether oxygens (including phenoxy) is 1. The summed E-state index contributed by atoms with van der Waals surface area (Å²) in [4.78, 5) is 0. The summed E-state index contributed by atoms with van der Waals surface area (Å²) in [5, 5.41) is 8.75. The molecule has 2 heteroatoms. The van der Waals surface area contributed by atoms with Gasteiger partial charge in [0, 0.05) is 0 Å². The fourth-order valence-corrected chi connectivity index (χ4v) is 2.23. The molecular formula is C17H17NO. The van der Waals surface area contributed by atoms with Crippen LogP contribution in [-0.4, -0.2) is 0 Å².